The summed E-state index contributed by atoms with van der Waals surface area (Å²) in [5.41, 5.74) is 2.90. The summed E-state index contributed by atoms with van der Waals surface area (Å²) in [6, 6.07) is 13.7. The van der Waals surface area contributed by atoms with Gasteiger partial charge in [0.1, 0.15) is 17.0 Å². The van der Waals surface area contributed by atoms with Crippen LogP contribution in [0.2, 0.25) is 0 Å². The molecule has 2 heterocycles. The van der Waals surface area contributed by atoms with Crippen LogP contribution in [-0.4, -0.2) is 71.1 Å². The fourth-order valence-electron chi connectivity index (χ4n) is 4.07. The number of hydrogen-bond acceptors (Lipinski definition) is 6. The van der Waals surface area contributed by atoms with Gasteiger partial charge in [-0.15, -0.1) is 5.10 Å². The van der Waals surface area contributed by atoms with Crippen LogP contribution in [0.1, 0.15) is 12.5 Å². The third-order valence-electron chi connectivity index (χ3n) is 5.85. The number of amides is 1. The molecule has 0 radical (unpaired) electrons. The zero-order chi connectivity index (χ0) is 21.8. The maximum atomic E-state index is 13.0. The molecule has 1 saturated heterocycles. The van der Waals surface area contributed by atoms with Crippen LogP contribution >= 0.6 is 0 Å². The van der Waals surface area contributed by atoms with E-state index in [1.807, 2.05) is 59.0 Å². The zero-order valence-corrected chi connectivity index (χ0v) is 18.3. The quantitative estimate of drug-likeness (QED) is 0.581. The number of nitrogens with zero attached hydrogens (tertiary/aromatic N) is 5. The normalized spacial score (nSPS) is 15.8. The van der Waals surface area contributed by atoms with E-state index in [-0.39, 0.29) is 11.8 Å². The van der Waals surface area contributed by atoms with Gasteiger partial charge in [-0.3, -0.25) is 9.69 Å². The van der Waals surface area contributed by atoms with E-state index in [0.29, 0.717) is 19.6 Å². The summed E-state index contributed by atoms with van der Waals surface area (Å²) in [6.45, 7) is 6.34. The SMILES string of the molecule is COc1ccc(OC)c(CN2CCN(C(=O)C(C)Cn3nnc4ccccc43)CC2)c1. The van der Waals surface area contributed by atoms with Gasteiger partial charge in [-0.2, -0.15) is 0 Å². The average Bonchev–Trinajstić information content (AvgIpc) is 3.21. The fourth-order valence-corrected chi connectivity index (χ4v) is 4.07. The highest BCUT2D eigenvalue weighted by Crippen LogP contribution is 2.26. The smallest absolute Gasteiger partial charge is 0.227 e. The number of para-hydroxylation sites is 1. The molecule has 1 aliphatic heterocycles. The molecule has 0 N–H and O–H groups in total. The molecule has 1 atom stereocenters. The molecule has 4 rings (SSSR count). The van der Waals surface area contributed by atoms with E-state index in [1.54, 1.807) is 14.2 Å². The van der Waals surface area contributed by atoms with Crippen LogP contribution in [0.15, 0.2) is 42.5 Å². The van der Waals surface area contributed by atoms with E-state index in [1.165, 1.54) is 0 Å². The topological polar surface area (TPSA) is 72.7 Å². The third kappa shape index (κ3) is 4.64. The van der Waals surface area contributed by atoms with Gasteiger partial charge in [0.25, 0.3) is 0 Å². The molecule has 1 amide bonds. The van der Waals surface area contributed by atoms with Crippen LogP contribution in [0.3, 0.4) is 0 Å². The Bertz CT molecular complexity index is 1040. The van der Waals surface area contributed by atoms with Crippen molar-refractivity contribution in [1.29, 1.82) is 0 Å². The van der Waals surface area contributed by atoms with Gasteiger partial charge in [0.15, 0.2) is 0 Å². The zero-order valence-electron chi connectivity index (χ0n) is 18.3. The summed E-state index contributed by atoms with van der Waals surface area (Å²) < 4.78 is 12.7. The van der Waals surface area contributed by atoms with E-state index in [4.69, 9.17) is 9.47 Å². The minimum absolute atomic E-state index is 0.157. The van der Waals surface area contributed by atoms with Crippen molar-refractivity contribution in [2.45, 2.75) is 20.0 Å². The van der Waals surface area contributed by atoms with Gasteiger partial charge in [0.05, 0.1) is 32.2 Å². The van der Waals surface area contributed by atoms with Crippen molar-refractivity contribution < 1.29 is 14.3 Å². The van der Waals surface area contributed by atoms with Crippen molar-refractivity contribution in [2.24, 2.45) is 5.92 Å². The summed E-state index contributed by atoms with van der Waals surface area (Å²) in [5, 5.41) is 8.40. The number of hydrogen-bond donors (Lipinski definition) is 0. The molecule has 0 saturated carbocycles. The van der Waals surface area contributed by atoms with E-state index in [0.717, 1.165) is 47.7 Å². The predicted octanol–water partition coefficient (Wildman–Crippen LogP) is 2.43. The lowest BCUT2D eigenvalue weighted by Crippen LogP contribution is -2.50. The fraction of sp³-hybridized carbons (Fsp3) is 0.435. The van der Waals surface area contributed by atoms with Crippen molar-refractivity contribution in [3.8, 4) is 11.5 Å². The Morgan fingerprint density at radius 3 is 2.58 bits per heavy atom. The van der Waals surface area contributed by atoms with E-state index < -0.39 is 0 Å². The van der Waals surface area contributed by atoms with Gasteiger partial charge in [-0.1, -0.05) is 24.3 Å². The molecule has 8 nitrogen and oxygen atoms in total. The van der Waals surface area contributed by atoms with Crippen molar-refractivity contribution in [3.05, 3.63) is 48.0 Å². The van der Waals surface area contributed by atoms with Crippen molar-refractivity contribution in [2.75, 3.05) is 40.4 Å². The van der Waals surface area contributed by atoms with Crippen LogP contribution in [-0.2, 0) is 17.9 Å². The molecule has 2 aromatic carbocycles. The number of aromatic nitrogens is 3. The molecule has 1 fully saturated rings. The Labute approximate surface area is 182 Å². The molecule has 0 bridgehead atoms. The van der Waals surface area contributed by atoms with Gasteiger partial charge in [0, 0.05) is 38.3 Å². The summed E-state index contributed by atoms with van der Waals surface area (Å²) >= 11 is 0. The maximum absolute atomic E-state index is 13.0. The minimum Gasteiger partial charge on any atom is -0.497 e. The molecule has 31 heavy (non-hydrogen) atoms. The van der Waals surface area contributed by atoms with Crippen molar-refractivity contribution >= 4 is 16.9 Å². The van der Waals surface area contributed by atoms with E-state index >= 15 is 0 Å². The summed E-state index contributed by atoms with van der Waals surface area (Å²) in [7, 11) is 3.35. The first-order chi connectivity index (χ1) is 15.1. The molecule has 1 aliphatic rings. The molecule has 3 aromatic rings. The van der Waals surface area contributed by atoms with Crippen LogP contribution in [0.5, 0.6) is 11.5 Å². The number of rotatable bonds is 7. The molecule has 1 aromatic heterocycles. The average molecular weight is 424 g/mol. The predicted molar refractivity (Wildman–Crippen MR) is 118 cm³/mol. The van der Waals surface area contributed by atoms with Crippen LogP contribution in [0.25, 0.3) is 11.0 Å². The number of fused-ring (bicyclic) bond motifs is 1. The van der Waals surface area contributed by atoms with Crippen molar-refractivity contribution in [1.82, 2.24) is 24.8 Å². The lowest BCUT2D eigenvalue weighted by atomic mass is 10.1. The third-order valence-corrected chi connectivity index (χ3v) is 5.85. The van der Waals surface area contributed by atoms with E-state index in [9.17, 15) is 4.79 Å². The second kappa shape index (κ2) is 9.34. The second-order valence-corrected chi connectivity index (χ2v) is 7.94. The molecule has 0 spiro atoms. The summed E-state index contributed by atoms with van der Waals surface area (Å²) in [5.74, 6) is 1.68. The number of carbonyl (C=O) groups excluding carboxylic acids is 1. The van der Waals surface area contributed by atoms with Gasteiger partial charge < -0.3 is 14.4 Å². The number of benzene rings is 2. The monoisotopic (exact) mass is 423 g/mol. The molecule has 0 aliphatic carbocycles. The van der Waals surface area contributed by atoms with Gasteiger partial charge in [-0.25, -0.2) is 4.68 Å². The number of methoxy groups -OCH3 is 2. The first-order valence-corrected chi connectivity index (χ1v) is 10.6. The Kier molecular flexibility index (Phi) is 6.36. The Hall–Kier alpha value is -3.13. The summed E-state index contributed by atoms with van der Waals surface area (Å²) in [4.78, 5) is 17.3. The molecule has 164 valence electrons. The molecular weight excluding hydrogens is 394 g/mol. The highest BCUT2D eigenvalue weighted by atomic mass is 16.5. The Balaban J connectivity index is 1.33. The lowest BCUT2D eigenvalue weighted by Gasteiger charge is -2.36. The molecular formula is C23H29N5O3. The van der Waals surface area contributed by atoms with Crippen LogP contribution in [0, 0.1) is 5.92 Å². The number of piperazine rings is 1. The van der Waals surface area contributed by atoms with E-state index in [2.05, 4.69) is 15.2 Å². The Morgan fingerprint density at radius 2 is 1.84 bits per heavy atom. The molecule has 8 heteroatoms. The highest BCUT2D eigenvalue weighted by Gasteiger charge is 2.26. The number of ether oxygens (including phenoxy) is 2. The van der Waals surface area contributed by atoms with Crippen LogP contribution in [0.4, 0.5) is 0 Å². The first-order valence-electron chi connectivity index (χ1n) is 10.6. The number of carbonyl (C=O) groups is 1. The minimum atomic E-state index is -0.157. The maximum Gasteiger partial charge on any atom is 0.227 e. The standard InChI is InChI=1S/C23H29N5O3/c1-17(15-28-21-7-5-4-6-20(21)24-25-28)23(29)27-12-10-26(11-13-27)16-18-14-19(30-2)8-9-22(18)31-3/h4-9,14,17H,10-13,15-16H2,1-3H3. The van der Waals surface area contributed by atoms with Gasteiger partial charge in [-0.05, 0) is 30.3 Å². The molecule has 1 unspecified atom stereocenters. The van der Waals surface area contributed by atoms with Gasteiger partial charge in [0.2, 0.25) is 5.91 Å². The lowest BCUT2D eigenvalue weighted by molar-refractivity contribution is -0.137. The first kappa shape index (κ1) is 21.1. The summed E-state index contributed by atoms with van der Waals surface area (Å²) in [6.07, 6.45) is 0. The van der Waals surface area contributed by atoms with Crippen LogP contribution < -0.4 is 9.47 Å². The van der Waals surface area contributed by atoms with Crippen molar-refractivity contribution in [3.63, 3.8) is 0 Å². The Morgan fingerprint density at radius 1 is 1.06 bits per heavy atom. The largest absolute Gasteiger partial charge is 0.497 e. The van der Waals surface area contributed by atoms with Gasteiger partial charge >= 0.3 is 0 Å². The second-order valence-electron chi connectivity index (χ2n) is 7.94. The highest BCUT2D eigenvalue weighted by molar-refractivity contribution is 5.79.